The summed E-state index contributed by atoms with van der Waals surface area (Å²) in [6.07, 6.45) is 2.67. The number of aryl methyl sites for hydroxylation is 1. The van der Waals surface area contributed by atoms with E-state index in [1.54, 1.807) is 7.11 Å². The van der Waals surface area contributed by atoms with E-state index in [9.17, 15) is 0 Å². The molecule has 1 fully saturated rings. The number of nitrogens with zero attached hydrogens (tertiary/aromatic N) is 2. The highest BCUT2D eigenvalue weighted by atomic mass is 16.5. The van der Waals surface area contributed by atoms with E-state index in [0.29, 0.717) is 12.1 Å². The van der Waals surface area contributed by atoms with Gasteiger partial charge >= 0.3 is 0 Å². The standard InChI is InChI=1S/C15H21N3O/c1-3-18-15-7-5-4-6-13(15)14(17-18)10-16-11-8-12(9-11)19-2/h4-7,11-12,16H,3,8-10H2,1-2H3. The number of ether oxygens (including phenoxy) is 1. The molecule has 0 atom stereocenters. The molecule has 1 aliphatic rings. The van der Waals surface area contributed by atoms with Gasteiger partial charge in [-0.25, -0.2) is 0 Å². The Kier molecular flexibility index (Phi) is 3.53. The first-order valence-corrected chi connectivity index (χ1v) is 7.02. The van der Waals surface area contributed by atoms with Gasteiger partial charge in [0.25, 0.3) is 0 Å². The van der Waals surface area contributed by atoms with Gasteiger partial charge in [-0.1, -0.05) is 18.2 Å². The lowest BCUT2D eigenvalue weighted by Crippen LogP contribution is -2.44. The van der Waals surface area contributed by atoms with Gasteiger partial charge in [-0.2, -0.15) is 5.10 Å². The topological polar surface area (TPSA) is 39.1 Å². The SMILES string of the molecule is CCn1nc(CNC2CC(OC)C2)c2ccccc21. The molecule has 19 heavy (non-hydrogen) atoms. The molecule has 1 N–H and O–H groups in total. The quantitative estimate of drug-likeness (QED) is 0.895. The van der Waals surface area contributed by atoms with Crippen LogP contribution < -0.4 is 5.32 Å². The molecule has 0 spiro atoms. The predicted octanol–water partition coefficient (Wildman–Crippen LogP) is 2.32. The van der Waals surface area contributed by atoms with Crippen molar-refractivity contribution in [2.75, 3.05) is 7.11 Å². The first-order chi connectivity index (χ1) is 9.31. The Morgan fingerprint density at radius 3 is 2.89 bits per heavy atom. The van der Waals surface area contributed by atoms with E-state index >= 15 is 0 Å². The summed E-state index contributed by atoms with van der Waals surface area (Å²) in [5.41, 5.74) is 2.38. The minimum absolute atomic E-state index is 0.447. The van der Waals surface area contributed by atoms with Gasteiger partial charge in [0.05, 0.1) is 17.3 Å². The van der Waals surface area contributed by atoms with E-state index in [0.717, 1.165) is 31.6 Å². The molecule has 1 aromatic heterocycles. The van der Waals surface area contributed by atoms with Gasteiger partial charge in [0.15, 0.2) is 0 Å². The number of fused-ring (bicyclic) bond motifs is 1. The molecule has 0 amide bonds. The fraction of sp³-hybridized carbons (Fsp3) is 0.533. The fourth-order valence-electron chi connectivity index (χ4n) is 2.73. The van der Waals surface area contributed by atoms with Crippen LogP contribution in [0.15, 0.2) is 24.3 Å². The Morgan fingerprint density at radius 2 is 2.16 bits per heavy atom. The maximum atomic E-state index is 5.30. The van der Waals surface area contributed by atoms with E-state index in [4.69, 9.17) is 9.84 Å². The number of hydrogen-bond donors (Lipinski definition) is 1. The van der Waals surface area contributed by atoms with Gasteiger partial charge in [0.1, 0.15) is 0 Å². The van der Waals surface area contributed by atoms with Crippen LogP contribution in [0.4, 0.5) is 0 Å². The lowest BCUT2D eigenvalue weighted by atomic mass is 9.89. The third-order valence-corrected chi connectivity index (χ3v) is 4.02. The van der Waals surface area contributed by atoms with Crippen LogP contribution in [0.3, 0.4) is 0 Å². The zero-order valence-electron chi connectivity index (χ0n) is 11.6. The number of para-hydroxylation sites is 1. The maximum Gasteiger partial charge on any atom is 0.0841 e. The molecule has 3 rings (SSSR count). The highest BCUT2D eigenvalue weighted by molar-refractivity contribution is 5.81. The summed E-state index contributed by atoms with van der Waals surface area (Å²) in [7, 11) is 1.79. The molecule has 1 heterocycles. The molecule has 0 radical (unpaired) electrons. The monoisotopic (exact) mass is 259 g/mol. The van der Waals surface area contributed by atoms with Gasteiger partial charge in [-0.3, -0.25) is 4.68 Å². The smallest absolute Gasteiger partial charge is 0.0841 e. The average Bonchev–Trinajstić information content (AvgIpc) is 2.76. The molecule has 102 valence electrons. The molecular formula is C15H21N3O. The van der Waals surface area contributed by atoms with E-state index in [1.807, 2.05) is 0 Å². The number of benzene rings is 1. The van der Waals surface area contributed by atoms with Crippen LogP contribution in [0, 0.1) is 0 Å². The average molecular weight is 259 g/mol. The Morgan fingerprint density at radius 1 is 1.37 bits per heavy atom. The largest absolute Gasteiger partial charge is 0.381 e. The molecule has 0 bridgehead atoms. The number of hydrogen-bond acceptors (Lipinski definition) is 3. The second-order valence-corrected chi connectivity index (χ2v) is 5.19. The van der Waals surface area contributed by atoms with Crippen molar-refractivity contribution in [3.8, 4) is 0 Å². The molecular weight excluding hydrogens is 238 g/mol. The maximum absolute atomic E-state index is 5.30. The lowest BCUT2D eigenvalue weighted by molar-refractivity contribution is 0.0169. The minimum atomic E-state index is 0.447. The zero-order chi connectivity index (χ0) is 13.2. The molecule has 4 nitrogen and oxygen atoms in total. The van der Waals surface area contributed by atoms with Crippen LogP contribution in [-0.2, 0) is 17.8 Å². The predicted molar refractivity (Wildman–Crippen MR) is 76.1 cm³/mol. The first-order valence-electron chi connectivity index (χ1n) is 7.02. The summed E-state index contributed by atoms with van der Waals surface area (Å²) < 4.78 is 7.37. The zero-order valence-corrected chi connectivity index (χ0v) is 11.6. The van der Waals surface area contributed by atoms with Gasteiger partial charge in [0, 0.05) is 31.6 Å². The van der Waals surface area contributed by atoms with Crippen molar-refractivity contribution >= 4 is 10.9 Å². The molecule has 1 aromatic carbocycles. The van der Waals surface area contributed by atoms with Crippen molar-refractivity contribution in [3.05, 3.63) is 30.0 Å². The molecule has 2 aromatic rings. The third-order valence-electron chi connectivity index (χ3n) is 4.02. The van der Waals surface area contributed by atoms with Crippen molar-refractivity contribution in [1.29, 1.82) is 0 Å². The van der Waals surface area contributed by atoms with Gasteiger partial charge in [-0.15, -0.1) is 0 Å². The molecule has 1 aliphatic carbocycles. The summed E-state index contributed by atoms with van der Waals surface area (Å²) in [4.78, 5) is 0. The second kappa shape index (κ2) is 5.31. The van der Waals surface area contributed by atoms with Crippen LogP contribution >= 0.6 is 0 Å². The highest BCUT2D eigenvalue weighted by Crippen LogP contribution is 2.24. The van der Waals surface area contributed by atoms with Crippen molar-refractivity contribution in [2.45, 2.75) is 45.0 Å². The Hall–Kier alpha value is -1.39. The van der Waals surface area contributed by atoms with E-state index < -0.39 is 0 Å². The molecule has 1 saturated carbocycles. The summed E-state index contributed by atoms with van der Waals surface area (Å²) in [6.45, 7) is 3.88. The van der Waals surface area contributed by atoms with Crippen LogP contribution in [0.5, 0.6) is 0 Å². The fourth-order valence-corrected chi connectivity index (χ4v) is 2.73. The highest BCUT2D eigenvalue weighted by Gasteiger charge is 2.28. The number of nitrogens with one attached hydrogen (secondary N) is 1. The molecule has 0 aliphatic heterocycles. The van der Waals surface area contributed by atoms with E-state index in [-0.39, 0.29) is 0 Å². The van der Waals surface area contributed by atoms with Crippen molar-refractivity contribution in [1.82, 2.24) is 15.1 Å². The minimum Gasteiger partial charge on any atom is -0.381 e. The van der Waals surface area contributed by atoms with Crippen LogP contribution in [0.1, 0.15) is 25.5 Å². The summed E-state index contributed by atoms with van der Waals surface area (Å²) in [5.74, 6) is 0. The van der Waals surface area contributed by atoms with Crippen molar-refractivity contribution in [3.63, 3.8) is 0 Å². The Labute approximate surface area is 113 Å². The summed E-state index contributed by atoms with van der Waals surface area (Å²) >= 11 is 0. The number of aromatic nitrogens is 2. The van der Waals surface area contributed by atoms with E-state index in [1.165, 1.54) is 10.9 Å². The van der Waals surface area contributed by atoms with Crippen LogP contribution in [0.25, 0.3) is 10.9 Å². The summed E-state index contributed by atoms with van der Waals surface area (Å²) in [5, 5.41) is 9.54. The van der Waals surface area contributed by atoms with Gasteiger partial charge in [0.2, 0.25) is 0 Å². The molecule has 4 heteroatoms. The first kappa shape index (κ1) is 12.6. The van der Waals surface area contributed by atoms with Crippen molar-refractivity contribution < 1.29 is 4.74 Å². The lowest BCUT2D eigenvalue weighted by Gasteiger charge is -2.34. The number of rotatable bonds is 5. The second-order valence-electron chi connectivity index (χ2n) is 5.19. The van der Waals surface area contributed by atoms with Crippen molar-refractivity contribution in [2.24, 2.45) is 0 Å². The normalized spacial score (nSPS) is 22.6. The summed E-state index contributed by atoms with van der Waals surface area (Å²) in [6, 6.07) is 9.03. The number of methoxy groups -OCH3 is 1. The van der Waals surface area contributed by atoms with Gasteiger partial charge < -0.3 is 10.1 Å². The van der Waals surface area contributed by atoms with Crippen LogP contribution in [-0.4, -0.2) is 29.0 Å². The molecule has 0 unspecified atom stereocenters. The molecule has 0 saturated heterocycles. The van der Waals surface area contributed by atoms with E-state index in [2.05, 4.69) is 41.2 Å². The Bertz CT molecular complexity index is 558. The third kappa shape index (κ3) is 2.38. The Balaban J connectivity index is 1.71. The van der Waals surface area contributed by atoms with Gasteiger partial charge in [-0.05, 0) is 25.8 Å². The van der Waals surface area contributed by atoms with Crippen LogP contribution in [0.2, 0.25) is 0 Å².